The van der Waals surface area contributed by atoms with Gasteiger partial charge in [-0.3, -0.25) is 13.8 Å². The van der Waals surface area contributed by atoms with Crippen molar-refractivity contribution in [3.63, 3.8) is 0 Å². The molecule has 0 aliphatic carbocycles. The minimum Gasteiger partial charge on any atom is -0.457 e. The maximum atomic E-state index is 12.8. The highest BCUT2D eigenvalue weighted by Crippen LogP contribution is 2.43. The Labute approximate surface area is 385 Å². The summed E-state index contributed by atoms with van der Waals surface area (Å²) in [6.45, 7) is 5.64. The number of esters is 1. The third kappa shape index (κ3) is 50.0. The fourth-order valence-corrected chi connectivity index (χ4v) is 8.34. The Morgan fingerprint density at radius 2 is 0.839 bits per heavy atom. The smallest absolute Gasteiger partial charge is 0.457 e. The number of likely N-dealkylation sites (N-methyl/N-ethyl adjacent to an activating group) is 1. The zero-order valence-electron chi connectivity index (χ0n) is 41.9. The van der Waals surface area contributed by atoms with Crippen LogP contribution in [0.3, 0.4) is 0 Å². The van der Waals surface area contributed by atoms with Crippen LogP contribution < -0.4 is 0 Å². The molecule has 0 amide bonds. The Kier molecular flexibility index (Phi) is 45.7. The van der Waals surface area contributed by atoms with Gasteiger partial charge in [-0.2, -0.15) is 0 Å². The second-order valence-corrected chi connectivity index (χ2v) is 20.7. The summed E-state index contributed by atoms with van der Waals surface area (Å²) in [6, 6.07) is 0. The maximum Gasteiger partial charge on any atom is 0.472 e. The first-order valence-corrected chi connectivity index (χ1v) is 28.1. The van der Waals surface area contributed by atoms with Crippen LogP contribution >= 0.6 is 7.82 Å². The molecule has 0 aromatic rings. The predicted octanol–water partition coefficient (Wildman–Crippen LogP) is 16.3. The number of rotatable bonds is 50. The van der Waals surface area contributed by atoms with Crippen LogP contribution in [0.4, 0.5) is 0 Å². The summed E-state index contributed by atoms with van der Waals surface area (Å²) in [5.41, 5.74) is 0. The van der Waals surface area contributed by atoms with Gasteiger partial charge in [-0.05, 0) is 64.2 Å². The molecule has 0 bridgehead atoms. The van der Waals surface area contributed by atoms with Crippen LogP contribution in [0.2, 0.25) is 0 Å². The lowest BCUT2D eigenvalue weighted by Crippen LogP contribution is -2.37. The number of unbranched alkanes of at least 4 members (excludes halogenated alkanes) is 32. The van der Waals surface area contributed by atoms with E-state index in [4.69, 9.17) is 18.5 Å². The van der Waals surface area contributed by atoms with Gasteiger partial charge in [0.25, 0.3) is 0 Å². The molecule has 0 spiro atoms. The summed E-state index contributed by atoms with van der Waals surface area (Å²) in [7, 11) is 1.67. The highest BCUT2D eigenvalue weighted by Gasteiger charge is 2.26. The maximum absolute atomic E-state index is 12.8. The van der Waals surface area contributed by atoms with Crippen molar-refractivity contribution in [2.75, 3.05) is 54.1 Å². The molecule has 8 nitrogen and oxygen atoms in total. The standard InChI is InChI=1S/C53H104NO7P/c1-6-8-10-12-14-16-18-20-22-23-24-25-26-27-28-29-30-31-32-34-36-38-40-42-44-46-53(55)61-52(51-60-62(56,57)59-49-47-54(3,4)5)50-58-48-45-43-41-39-37-35-33-21-19-17-15-13-11-9-7-2/h19,21,23-24,52H,6-18,20,22,25-51H2,1-5H3/p+1/b21-19-,24-23-. The van der Waals surface area contributed by atoms with Gasteiger partial charge in [-0.25, -0.2) is 4.57 Å². The van der Waals surface area contributed by atoms with Gasteiger partial charge < -0.3 is 18.9 Å². The van der Waals surface area contributed by atoms with Gasteiger partial charge in [0.1, 0.15) is 19.3 Å². The molecule has 0 fully saturated rings. The monoisotopic (exact) mass is 899 g/mol. The molecule has 2 unspecified atom stereocenters. The van der Waals surface area contributed by atoms with E-state index in [9.17, 15) is 14.3 Å². The minimum atomic E-state index is -4.28. The van der Waals surface area contributed by atoms with Gasteiger partial charge in [0.2, 0.25) is 0 Å². The fourth-order valence-electron chi connectivity index (χ4n) is 7.60. The van der Waals surface area contributed by atoms with Crippen molar-refractivity contribution in [2.24, 2.45) is 0 Å². The normalized spacial score (nSPS) is 13.7. The Morgan fingerprint density at radius 3 is 1.23 bits per heavy atom. The van der Waals surface area contributed by atoms with Gasteiger partial charge in [0.15, 0.2) is 0 Å². The van der Waals surface area contributed by atoms with Crippen LogP contribution in [0.1, 0.15) is 251 Å². The quantitative estimate of drug-likeness (QED) is 0.0214. The van der Waals surface area contributed by atoms with E-state index in [2.05, 4.69) is 38.2 Å². The third-order valence-corrected chi connectivity index (χ3v) is 12.7. The number of hydrogen-bond acceptors (Lipinski definition) is 6. The molecule has 0 aliphatic rings. The average molecular weight is 899 g/mol. The van der Waals surface area contributed by atoms with E-state index in [0.717, 1.165) is 32.1 Å². The molecule has 62 heavy (non-hydrogen) atoms. The van der Waals surface area contributed by atoms with Crippen molar-refractivity contribution in [3.8, 4) is 0 Å². The Balaban J connectivity index is 4.06. The summed E-state index contributed by atoms with van der Waals surface area (Å²) in [6.07, 6.45) is 55.1. The number of quaternary nitrogens is 1. The van der Waals surface area contributed by atoms with Gasteiger partial charge in [0.05, 0.1) is 34.4 Å². The molecule has 0 heterocycles. The number of allylic oxidation sites excluding steroid dienone is 4. The zero-order chi connectivity index (χ0) is 45.5. The van der Waals surface area contributed by atoms with Gasteiger partial charge in [-0.1, -0.05) is 205 Å². The highest BCUT2D eigenvalue weighted by atomic mass is 31.2. The lowest BCUT2D eigenvalue weighted by Gasteiger charge is -2.24. The first kappa shape index (κ1) is 61.0. The molecule has 0 radical (unpaired) electrons. The van der Waals surface area contributed by atoms with E-state index in [1.807, 2.05) is 21.1 Å². The van der Waals surface area contributed by atoms with E-state index in [0.29, 0.717) is 24.1 Å². The fraction of sp³-hybridized carbons (Fsp3) is 0.906. The van der Waals surface area contributed by atoms with Gasteiger partial charge in [0, 0.05) is 13.0 Å². The van der Waals surface area contributed by atoms with Crippen LogP contribution in [0.25, 0.3) is 0 Å². The lowest BCUT2D eigenvalue weighted by atomic mass is 10.0. The highest BCUT2D eigenvalue weighted by molar-refractivity contribution is 7.47. The van der Waals surface area contributed by atoms with Crippen molar-refractivity contribution in [2.45, 2.75) is 258 Å². The van der Waals surface area contributed by atoms with Crippen molar-refractivity contribution in [1.82, 2.24) is 0 Å². The Bertz CT molecular complexity index is 1050. The van der Waals surface area contributed by atoms with Crippen molar-refractivity contribution < 1.29 is 37.3 Å². The van der Waals surface area contributed by atoms with Crippen LogP contribution in [0, 0.1) is 0 Å². The van der Waals surface area contributed by atoms with E-state index < -0.39 is 13.9 Å². The zero-order valence-corrected chi connectivity index (χ0v) is 42.8. The van der Waals surface area contributed by atoms with E-state index >= 15 is 0 Å². The molecule has 0 aromatic heterocycles. The predicted molar refractivity (Wildman–Crippen MR) is 266 cm³/mol. The van der Waals surface area contributed by atoms with Crippen LogP contribution in [0.15, 0.2) is 24.3 Å². The summed E-state index contributed by atoms with van der Waals surface area (Å²) in [4.78, 5) is 23.0. The molecule has 0 saturated carbocycles. The Hall–Kier alpha value is -1.02. The van der Waals surface area contributed by atoms with Crippen molar-refractivity contribution in [3.05, 3.63) is 24.3 Å². The summed E-state index contributed by atoms with van der Waals surface area (Å²) >= 11 is 0. The van der Waals surface area contributed by atoms with Crippen molar-refractivity contribution in [1.29, 1.82) is 0 Å². The van der Waals surface area contributed by atoms with Crippen LogP contribution in [-0.2, 0) is 27.9 Å². The summed E-state index contributed by atoms with van der Waals surface area (Å²) in [5, 5.41) is 0. The second kappa shape index (κ2) is 46.5. The SMILES string of the molecule is CCCCCCC/C=C\CCCCCCCCOCC(COP(=O)(O)OCC[N+](C)(C)C)OC(=O)CCCCCCCCCCCCCCC/C=C\CCCCCCCCCC. The van der Waals surface area contributed by atoms with Crippen LogP contribution in [0.5, 0.6) is 0 Å². The molecule has 0 aromatic carbocycles. The minimum absolute atomic E-state index is 0.0893. The second-order valence-electron chi connectivity index (χ2n) is 19.3. The number of carbonyl (C=O) groups excluding carboxylic acids is 1. The van der Waals surface area contributed by atoms with E-state index in [-0.39, 0.29) is 25.8 Å². The van der Waals surface area contributed by atoms with Gasteiger partial charge >= 0.3 is 13.8 Å². The summed E-state index contributed by atoms with van der Waals surface area (Å²) in [5.74, 6) is -0.312. The summed E-state index contributed by atoms with van der Waals surface area (Å²) < 4.78 is 35.1. The van der Waals surface area contributed by atoms with Gasteiger partial charge in [-0.15, -0.1) is 0 Å². The average Bonchev–Trinajstić information content (AvgIpc) is 3.23. The van der Waals surface area contributed by atoms with Crippen LogP contribution in [-0.4, -0.2) is 75.6 Å². The molecule has 1 N–H and O–H groups in total. The third-order valence-electron chi connectivity index (χ3n) is 11.7. The molecular weight excluding hydrogens is 794 g/mol. The molecule has 9 heteroatoms. The lowest BCUT2D eigenvalue weighted by molar-refractivity contribution is -0.870. The largest absolute Gasteiger partial charge is 0.472 e. The molecule has 0 rings (SSSR count). The number of ether oxygens (including phenoxy) is 2. The molecule has 2 atom stereocenters. The number of nitrogens with zero attached hydrogens (tertiary/aromatic N) is 1. The van der Waals surface area contributed by atoms with E-state index in [1.54, 1.807) is 0 Å². The Morgan fingerprint density at radius 1 is 0.484 bits per heavy atom. The number of hydrogen-bond donors (Lipinski definition) is 1. The molecular formula is C53H105NO7P+. The molecule has 0 saturated heterocycles. The number of carbonyl (C=O) groups is 1. The molecule has 0 aliphatic heterocycles. The molecule has 368 valence electrons. The van der Waals surface area contributed by atoms with E-state index in [1.165, 1.54) is 199 Å². The number of phosphoric ester groups is 1. The first-order chi connectivity index (χ1) is 30.1. The first-order valence-electron chi connectivity index (χ1n) is 26.6. The van der Waals surface area contributed by atoms with Crippen molar-refractivity contribution >= 4 is 13.8 Å². The topological polar surface area (TPSA) is 91.3 Å². The number of phosphoric acid groups is 1.